The van der Waals surface area contributed by atoms with Crippen molar-refractivity contribution in [2.45, 2.75) is 260 Å². The number of anilines is 3. The number of likely N-dealkylation sites (tertiary alicyclic amines) is 4. The van der Waals surface area contributed by atoms with E-state index in [0.717, 1.165) is 169 Å². The molecule has 0 spiro atoms. The van der Waals surface area contributed by atoms with Gasteiger partial charge in [0.15, 0.2) is 23.9 Å². The molecule has 1 saturated carbocycles. The Bertz CT molecular complexity index is 5590. The summed E-state index contributed by atoms with van der Waals surface area (Å²) in [6.45, 7) is 9.15. The Balaban J connectivity index is 0.000000187. The quantitative estimate of drug-likeness (QED) is 0.0249. The Morgan fingerprint density at radius 1 is 0.439 bits per heavy atom. The number of urea groups is 4. The highest BCUT2D eigenvalue weighted by molar-refractivity contribution is 7.90. The third-order valence-corrected chi connectivity index (χ3v) is 29.6. The van der Waals surface area contributed by atoms with E-state index in [1.54, 1.807) is 29.0 Å². The van der Waals surface area contributed by atoms with Gasteiger partial charge in [-0.25, -0.2) is 61.9 Å². The number of ketones is 1. The van der Waals surface area contributed by atoms with Crippen molar-refractivity contribution < 1.29 is 116 Å². The van der Waals surface area contributed by atoms with Crippen molar-refractivity contribution in [1.82, 2.24) is 92.0 Å². The zero-order chi connectivity index (χ0) is 107. The molecule has 5 aromatic heterocycles. The molecule has 148 heavy (non-hydrogen) atoms. The van der Waals surface area contributed by atoms with E-state index in [-0.39, 0.29) is 177 Å². The van der Waals surface area contributed by atoms with E-state index in [2.05, 4.69) is 109 Å². The number of aromatic nitrogens is 5. The predicted molar refractivity (Wildman–Crippen MR) is 544 cm³/mol. The summed E-state index contributed by atoms with van der Waals surface area (Å²) in [4.78, 5) is 201. The molecule has 46 heteroatoms. The van der Waals surface area contributed by atoms with Crippen molar-refractivity contribution in [1.29, 1.82) is 0 Å². The van der Waals surface area contributed by atoms with Gasteiger partial charge in [0.1, 0.15) is 33.0 Å². The number of amides is 13. The van der Waals surface area contributed by atoms with Gasteiger partial charge in [-0.1, -0.05) is 37.3 Å². The van der Waals surface area contributed by atoms with Gasteiger partial charge in [0.05, 0.1) is 40.6 Å². The van der Waals surface area contributed by atoms with E-state index in [9.17, 15) is 116 Å². The minimum atomic E-state index is -3.39. The molecule has 2 aliphatic carbocycles. The highest BCUT2D eigenvalue weighted by Gasteiger charge is 2.50. The number of aliphatic carboxylic acids is 4. The molecule has 12 heterocycles. The topological polar surface area (TPSA) is 648 Å². The minimum Gasteiger partial charge on any atom is -0.481 e. The van der Waals surface area contributed by atoms with E-state index in [0.29, 0.717) is 51.1 Å². The largest absolute Gasteiger partial charge is 0.481 e. The van der Waals surface area contributed by atoms with Crippen LogP contribution < -0.4 is 58.5 Å². The fraction of sp³-hybridized carbons (Fsp3) is 0.618. The summed E-state index contributed by atoms with van der Waals surface area (Å²) in [5.74, 6) is -7.08. The summed E-state index contributed by atoms with van der Waals surface area (Å²) in [6, 6.07) is 15.9. The van der Waals surface area contributed by atoms with Gasteiger partial charge in [0.25, 0.3) is 5.91 Å². The second-order valence-electron chi connectivity index (χ2n) is 39.8. The lowest BCUT2D eigenvalue weighted by Gasteiger charge is -2.41. The van der Waals surface area contributed by atoms with Crippen LogP contribution in [-0.4, -0.2) is 353 Å². The molecule has 13 amide bonds. The number of carbonyl (C=O) groups excluding carboxylic acids is 10. The maximum absolute atomic E-state index is 12.7. The van der Waals surface area contributed by atoms with Gasteiger partial charge in [-0.15, -0.1) is 0 Å². The van der Waals surface area contributed by atoms with Gasteiger partial charge in [-0.2, -0.15) is 0 Å². The molecule has 810 valence electrons. The summed E-state index contributed by atoms with van der Waals surface area (Å²) in [5.41, 5.74) is 4.30. The number of carboxylic acids is 4. The summed E-state index contributed by atoms with van der Waals surface area (Å²) in [5, 5.41) is 114. The van der Waals surface area contributed by atoms with E-state index in [4.69, 9.17) is 4.98 Å². The number of Topliss-reactive ketones (excluding diaryl/α,β-unsaturated/α-hetero) is 1. The molecule has 45 nitrogen and oxygen atoms in total. The van der Waals surface area contributed by atoms with Crippen molar-refractivity contribution in [2.75, 3.05) is 146 Å². The lowest BCUT2D eigenvalue weighted by molar-refractivity contribution is -0.158. The fourth-order valence-corrected chi connectivity index (χ4v) is 19.7. The van der Waals surface area contributed by atoms with Crippen LogP contribution in [0.5, 0.6) is 0 Å². The monoisotopic (exact) mass is 2080 g/mol. The number of aliphatic hydroxyl groups is 4. The summed E-state index contributed by atoms with van der Waals surface area (Å²) >= 11 is 0. The molecule has 14 rings (SSSR count). The van der Waals surface area contributed by atoms with E-state index in [1.807, 2.05) is 25.1 Å². The molecular weight excluding hydrogens is 1940 g/mol. The third-order valence-electron chi connectivity index (χ3n) is 28.6. The summed E-state index contributed by atoms with van der Waals surface area (Å²) in [6.07, 6.45) is 19.4. The van der Waals surface area contributed by atoms with Crippen LogP contribution in [0, 0.1) is 11.8 Å². The first-order valence-electron chi connectivity index (χ1n) is 51.7. The van der Waals surface area contributed by atoms with Crippen molar-refractivity contribution >= 4 is 111 Å². The first-order valence-corrected chi connectivity index (χ1v) is 53.8. The van der Waals surface area contributed by atoms with Gasteiger partial charge in [0.2, 0.25) is 23.6 Å². The number of aryl methyl sites for hydroxylation is 10. The van der Waals surface area contributed by atoms with Crippen LogP contribution in [-0.2, 0) is 117 Å². The average Bonchev–Trinajstić information content (AvgIpc) is 1.07. The lowest BCUT2D eigenvalue weighted by Crippen LogP contribution is -2.62. The van der Waals surface area contributed by atoms with Crippen molar-refractivity contribution in [2.24, 2.45) is 11.8 Å². The van der Waals surface area contributed by atoms with Crippen molar-refractivity contribution in [3.8, 4) is 0 Å². The number of hydrogen-bond acceptors (Lipinski definition) is 28. The van der Waals surface area contributed by atoms with Crippen molar-refractivity contribution in [3.05, 3.63) is 129 Å². The highest BCUT2D eigenvalue weighted by Crippen LogP contribution is 2.36. The Morgan fingerprint density at radius 2 is 0.804 bits per heavy atom. The Labute approximate surface area is 861 Å². The third kappa shape index (κ3) is 34.8. The SMILES string of the molecule is CC(=O)N(C)CCC(=O)NC(C(=O)O)C1(O)CCN(C(=O)NCCCc2ccc3c(n2)NCCC3)CC1.CCc1cccc(C(=O)NC(C(=O)O)C2(O)CCN(C(=O)NCCCc3ccc4c(n3)NCCC4)CC2)n1.CS(=O)(=O)CCC(=O)NC(C(=O)O)C1(O)CCN(C(=O)NCCCc2ccc3c(n2)NCCC3)CC1.O=C(CNC(=O)C1CC1)CC(C(=O)O)C1(O)CCN(C(=O)NCCCc2ccc3c(n2)CCCC3)CC1. The summed E-state index contributed by atoms with van der Waals surface area (Å²) in [7, 11) is -1.85. The highest BCUT2D eigenvalue weighted by atomic mass is 32.2. The Morgan fingerprint density at radius 3 is 1.18 bits per heavy atom. The first-order chi connectivity index (χ1) is 70.6. The Hall–Kier alpha value is -13.1. The number of rotatable bonds is 40. The first kappa shape index (κ1) is 115. The predicted octanol–water partition coefficient (Wildman–Crippen LogP) is 3.62. The fourth-order valence-electron chi connectivity index (χ4n) is 19.1. The Kier molecular flexibility index (Phi) is 42.6. The average molecular weight is 2080 g/mol. The number of piperidine rings is 4. The molecule has 9 aliphatic rings. The van der Waals surface area contributed by atoms with Gasteiger partial charge in [-0.05, 0) is 245 Å². The zero-order valence-electron chi connectivity index (χ0n) is 85.1. The van der Waals surface area contributed by atoms with Crippen LogP contribution in [0.2, 0.25) is 0 Å². The molecule has 5 fully saturated rings. The molecule has 0 radical (unpaired) electrons. The van der Waals surface area contributed by atoms with Crippen LogP contribution >= 0.6 is 0 Å². The molecular formula is C102H147N21O24S. The van der Waals surface area contributed by atoms with Gasteiger partial charge in [-0.3, -0.25) is 38.5 Å². The maximum atomic E-state index is 12.7. The molecule has 19 N–H and O–H groups in total. The molecule has 7 aliphatic heterocycles. The van der Waals surface area contributed by atoms with E-state index >= 15 is 0 Å². The smallest absolute Gasteiger partial charge is 0.329 e. The number of hydrogen-bond donors (Lipinski definition) is 19. The summed E-state index contributed by atoms with van der Waals surface area (Å²) < 4.78 is 22.5. The molecule has 4 saturated heterocycles. The second-order valence-corrected chi connectivity index (χ2v) is 42.1. The molecule has 0 aromatic carbocycles. The standard InChI is InChI=1S/C27H36N6O5.C27H38N4O6.C25H38N6O6.C23H35N5O7S/c1-2-19-7-3-9-21(30-19)24(34)32-22(25(35)36)27(38)12-16-33(17-13-27)26(37)29-15-5-8-20-11-10-18-6-4-14-28-23(18)31-20;32-21(17-29-24(33)19-7-8-19)16-22(25(34)35)27(37)11-14-31(15-12-27)26(36)28-13-3-5-20-10-9-18-4-1-2-6-23(18)30-20;1-17(32)30(2)14-9-20(33)29-21(23(34)35)25(37)10-15-31(16-11-25)24(36)27-13-4-6-19-8-7-18-5-3-12-26-22(18)28-19;1-36(34,35)15-8-18(29)27-19(21(30)31)23(33)9-13-28(14-10-23)22(32)25-12-3-5-17-7-6-16-4-2-11-24-20(16)26-17/h3,7,9-11,22,38H,2,4-6,8,12-17H2,1H3,(H,28,31)(H,29,37)(H,32,34)(H,35,36);9-10,19,22,37H,1-8,11-17H2,(H,28,36)(H,29,33)(H,34,35);7-8,21,37H,3-6,9-16H2,1-2H3,(H,26,28)(H,27,36)(H,29,33)(H,34,35);6-7,19,33H,2-5,8-15H2,1H3,(H,24,26)(H,25,32)(H,27,29)(H,30,31). The molecule has 4 atom stereocenters. The van der Waals surface area contributed by atoms with Crippen LogP contribution in [0.25, 0.3) is 0 Å². The van der Waals surface area contributed by atoms with E-state index in [1.165, 1.54) is 68.5 Å². The number of nitrogens with one attached hydrogen (secondary N) is 11. The van der Waals surface area contributed by atoms with Crippen molar-refractivity contribution in [3.63, 3.8) is 0 Å². The van der Waals surface area contributed by atoms with Gasteiger partial charge < -0.3 is 124 Å². The number of nitrogens with zero attached hydrogens (tertiary/aromatic N) is 10. The van der Waals surface area contributed by atoms with E-state index < -0.39 is 116 Å². The van der Waals surface area contributed by atoms with Gasteiger partial charge >= 0.3 is 48.0 Å². The maximum Gasteiger partial charge on any atom is 0.329 e. The van der Waals surface area contributed by atoms with Crippen LogP contribution in [0.15, 0.2) is 66.7 Å². The lowest BCUT2D eigenvalue weighted by atomic mass is 9.77. The number of pyridine rings is 5. The van der Waals surface area contributed by atoms with Gasteiger partial charge in [0, 0.05) is 184 Å². The normalized spacial score (nSPS) is 17.9. The number of sulfone groups is 1. The number of carbonyl (C=O) groups is 14. The zero-order valence-corrected chi connectivity index (χ0v) is 85.9. The second kappa shape index (κ2) is 54.7. The van der Waals surface area contributed by atoms with Crippen LogP contribution in [0.1, 0.15) is 222 Å². The number of fused-ring (bicyclic) bond motifs is 4. The molecule has 5 aromatic rings. The van der Waals surface area contributed by atoms with Crippen LogP contribution in [0.3, 0.4) is 0 Å². The number of carboxylic acid groups (broad SMARTS) is 4. The minimum absolute atomic E-state index is 0.0110. The molecule has 4 unspecified atom stereocenters. The molecule has 0 bridgehead atoms. The van der Waals surface area contributed by atoms with Crippen LogP contribution in [0.4, 0.5) is 36.6 Å².